The quantitative estimate of drug-likeness (QED) is 0.602. The van der Waals surface area contributed by atoms with Crippen LogP contribution in [0.5, 0.6) is 0 Å². The second-order valence-electron chi connectivity index (χ2n) is 2.66. The molecule has 1 heterocycles. The number of hydrogen-bond acceptors (Lipinski definition) is 3. The van der Waals surface area contributed by atoms with E-state index in [1.807, 2.05) is 0 Å². The summed E-state index contributed by atoms with van der Waals surface area (Å²) in [5.74, 6) is -0.184. The monoisotopic (exact) mass is 155 g/mol. The Morgan fingerprint density at radius 2 is 2.45 bits per heavy atom. The summed E-state index contributed by atoms with van der Waals surface area (Å²) in [4.78, 5) is 10.8. The van der Waals surface area contributed by atoms with Crippen molar-refractivity contribution in [1.82, 2.24) is 5.43 Å². The SMILES string of the molecule is CCCCC1=NNC(=O)C1N. The highest BCUT2D eigenvalue weighted by Gasteiger charge is 2.24. The Hall–Kier alpha value is -0.900. The van der Waals surface area contributed by atoms with Gasteiger partial charge in [0.05, 0.1) is 5.71 Å². The third kappa shape index (κ3) is 1.77. The van der Waals surface area contributed by atoms with Crippen molar-refractivity contribution < 1.29 is 4.79 Å². The Morgan fingerprint density at radius 3 is 2.91 bits per heavy atom. The number of rotatable bonds is 3. The molecule has 0 aromatic carbocycles. The number of hydrogen-bond donors (Lipinski definition) is 2. The molecule has 0 aromatic rings. The summed E-state index contributed by atoms with van der Waals surface area (Å²) >= 11 is 0. The van der Waals surface area contributed by atoms with E-state index in [2.05, 4.69) is 17.5 Å². The molecule has 0 fully saturated rings. The molecular formula is C7H13N3O. The summed E-state index contributed by atoms with van der Waals surface area (Å²) in [6.07, 6.45) is 2.97. The van der Waals surface area contributed by atoms with Crippen LogP contribution in [-0.4, -0.2) is 17.7 Å². The number of nitrogens with two attached hydrogens (primary N) is 1. The summed E-state index contributed by atoms with van der Waals surface area (Å²) in [7, 11) is 0. The van der Waals surface area contributed by atoms with Gasteiger partial charge in [0.25, 0.3) is 5.91 Å². The van der Waals surface area contributed by atoms with E-state index >= 15 is 0 Å². The van der Waals surface area contributed by atoms with Gasteiger partial charge in [-0.3, -0.25) is 4.79 Å². The average molecular weight is 155 g/mol. The van der Waals surface area contributed by atoms with Gasteiger partial charge < -0.3 is 5.73 Å². The lowest BCUT2D eigenvalue weighted by Gasteiger charge is -2.01. The zero-order chi connectivity index (χ0) is 8.27. The first kappa shape index (κ1) is 8.20. The molecule has 1 rings (SSSR count). The Bertz CT molecular complexity index is 188. The topological polar surface area (TPSA) is 67.5 Å². The van der Waals surface area contributed by atoms with E-state index in [1.165, 1.54) is 0 Å². The molecule has 0 radical (unpaired) electrons. The van der Waals surface area contributed by atoms with Gasteiger partial charge in [0, 0.05) is 0 Å². The van der Waals surface area contributed by atoms with E-state index < -0.39 is 6.04 Å². The van der Waals surface area contributed by atoms with Crippen molar-refractivity contribution in [1.29, 1.82) is 0 Å². The van der Waals surface area contributed by atoms with Crippen molar-refractivity contribution in [3.05, 3.63) is 0 Å². The molecule has 0 bridgehead atoms. The molecule has 0 saturated heterocycles. The standard InChI is InChI=1S/C7H13N3O/c1-2-3-4-5-6(8)7(11)10-9-5/h6H,2-4,8H2,1H3,(H,10,11). The third-order valence-corrected chi connectivity index (χ3v) is 1.74. The van der Waals surface area contributed by atoms with Crippen LogP contribution in [0.3, 0.4) is 0 Å². The van der Waals surface area contributed by atoms with Gasteiger partial charge in [-0.15, -0.1) is 0 Å². The van der Waals surface area contributed by atoms with Crippen molar-refractivity contribution in [2.45, 2.75) is 32.2 Å². The molecule has 1 atom stereocenters. The fraction of sp³-hybridized carbons (Fsp3) is 0.714. The molecular weight excluding hydrogens is 142 g/mol. The van der Waals surface area contributed by atoms with Crippen LogP contribution >= 0.6 is 0 Å². The normalized spacial score (nSPS) is 23.3. The Labute approximate surface area is 65.8 Å². The molecule has 1 amide bonds. The number of carbonyl (C=O) groups is 1. The average Bonchev–Trinajstić information content (AvgIpc) is 2.31. The number of carbonyl (C=O) groups excluding carboxylic acids is 1. The first-order chi connectivity index (χ1) is 5.25. The lowest BCUT2D eigenvalue weighted by Crippen LogP contribution is -2.37. The van der Waals surface area contributed by atoms with Crippen molar-refractivity contribution in [2.24, 2.45) is 10.8 Å². The summed E-state index contributed by atoms with van der Waals surface area (Å²) < 4.78 is 0. The molecule has 0 aromatic heterocycles. The number of nitrogens with one attached hydrogen (secondary N) is 1. The van der Waals surface area contributed by atoms with E-state index in [0.717, 1.165) is 25.0 Å². The van der Waals surface area contributed by atoms with E-state index in [0.29, 0.717) is 0 Å². The van der Waals surface area contributed by atoms with Gasteiger partial charge >= 0.3 is 0 Å². The molecule has 62 valence electrons. The highest BCUT2D eigenvalue weighted by atomic mass is 16.2. The van der Waals surface area contributed by atoms with E-state index in [-0.39, 0.29) is 5.91 Å². The minimum absolute atomic E-state index is 0.184. The Balaban J connectivity index is 2.41. The van der Waals surface area contributed by atoms with Crippen LogP contribution in [0.2, 0.25) is 0 Å². The minimum atomic E-state index is -0.499. The molecule has 1 unspecified atom stereocenters. The van der Waals surface area contributed by atoms with E-state index in [4.69, 9.17) is 5.73 Å². The van der Waals surface area contributed by atoms with Crippen molar-refractivity contribution in [3.8, 4) is 0 Å². The Kier molecular flexibility index (Phi) is 2.59. The number of hydrazone groups is 1. The fourth-order valence-electron chi connectivity index (χ4n) is 0.987. The van der Waals surface area contributed by atoms with Crippen LogP contribution in [-0.2, 0) is 4.79 Å². The Morgan fingerprint density at radius 1 is 1.73 bits per heavy atom. The highest BCUT2D eigenvalue weighted by molar-refractivity contribution is 6.11. The molecule has 3 N–H and O–H groups in total. The summed E-state index contributed by atoms with van der Waals surface area (Å²) in [6.45, 7) is 2.09. The maximum absolute atomic E-state index is 10.8. The molecule has 0 spiro atoms. The highest BCUT2D eigenvalue weighted by Crippen LogP contribution is 2.03. The van der Waals surface area contributed by atoms with Gasteiger partial charge in [-0.25, -0.2) is 5.43 Å². The number of amides is 1. The zero-order valence-electron chi connectivity index (χ0n) is 6.63. The maximum Gasteiger partial charge on any atom is 0.262 e. The zero-order valence-corrected chi connectivity index (χ0v) is 6.63. The largest absolute Gasteiger partial charge is 0.315 e. The van der Waals surface area contributed by atoms with Crippen molar-refractivity contribution in [2.75, 3.05) is 0 Å². The summed E-state index contributed by atoms with van der Waals surface area (Å²) in [6, 6.07) is -0.499. The minimum Gasteiger partial charge on any atom is -0.315 e. The van der Waals surface area contributed by atoms with E-state index in [9.17, 15) is 4.79 Å². The van der Waals surface area contributed by atoms with Crippen molar-refractivity contribution in [3.63, 3.8) is 0 Å². The second kappa shape index (κ2) is 3.48. The molecule has 4 nitrogen and oxygen atoms in total. The van der Waals surface area contributed by atoms with Crippen LogP contribution < -0.4 is 11.2 Å². The van der Waals surface area contributed by atoms with Gasteiger partial charge in [-0.1, -0.05) is 13.3 Å². The van der Waals surface area contributed by atoms with Crippen LogP contribution in [0, 0.1) is 0 Å². The van der Waals surface area contributed by atoms with Gasteiger partial charge in [0.2, 0.25) is 0 Å². The predicted molar refractivity (Wildman–Crippen MR) is 43.1 cm³/mol. The van der Waals surface area contributed by atoms with Gasteiger partial charge in [-0.2, -0.15) is 5.10 Å². The smallest absolute Gasteiger partial charge is 0.262 e. The molecule has 0 aliphatic carbocycles. The fourth-order valence-corrected chi connectivity index (χ4v) is 0.987. The maximum atomic E-state index is 10.8. The number of unbranched alkanes of at least 4 members (excludes halogenated alkanes) is 1. The lowest BCUT2D eigenvalue weighted by molar-refractivity contribution is -0.120. The predicted octanol–water partition coefficient (Wildman–Crippen LogP) is -0.0103. The van der Waals surface area contributed by atoms with Gasteiger partial charge in [0.1, 0.15) is 6.04 Å². The van der Waals surface area contributed by atoms with Crippen LogP contribution in [0.15, 0.2) is 5.10 Å². The van der Waals surface area contributed by atoms with Crippen LogP contribution in [0.1, 0.15) is 26.2 Å². The molecule has 11 heavy (non-hydrogen) atoms. The van der Waals surface area contributed by atoms with E-state index in [1.54, 1.807) is 0 Å². The second-order valence-corrected chi connectivity index (χ2v) is 2.66. The molecule has 4 heteroatoms. The van der Waals surface area contributed by atoms with Gasteiger partial charge in [-0.05, 0) is 12.8 Å². The first-order valence-corrected chi connectivity index (χ1v) is 3.87. The van der Waals surface area contributed by atoms with Crippen molar-refractivity contribution >= 4 is 11.6 Å². The number of nitrogens with zero attached hydrogens (tertiary/aromatic N) is 1. The lowest BCUT2D eigenvalue weighted by atomic mass is 10.1. The summed E-state index contributed by atoms with van der Waals surface area (Å²) in [5, 5.41) is 3.83. The third-order valence-electron chi connectivity index (χ3n) is 1.74. The molecule has 1 aliphatic heterocycles. The van der Waals surface area contributed by atoms with Crippen LogP contribution in [0.4, 0.5) is 0 Å². The molecule has 0 saturated carbocycles. The first-order valence-electron chi connectivity index (χ1n) is 3.87. The molecule has 1 aliphatic rings. The van der Waals surface area contributed by atoms with Crippen LogP contribution in [0.25, 0.3) is 0 Å². The van der Waals surface area contributed by atoms with Gasteiger partial charge in [0.15, 0.2) is 0 Å². The summed E-state index contributed by atoms with van der Waals surface area (Å²) in [5.41, 5.74) is 8.66.